The largest absolute Gasteiger partial charge is 0.394 e. The number of halogens is 1. The minimum absolute atomic E-state index is 0.214. The third-order valence-electron chi connectivity index (χ3n) is 5.06. The quantitative estimate of drug-likeness (QED) is 0.173. The highest BCUT2D eigenvalue weighted by atomic mass is 19.1. The van der Waals surface area contributed by atoms with Crippen LogP contribution in [0.5, 0.6) is 0 Å². The molecule has 0 spiro atoms. The maximum absolute atomic E-state index is 13.5. The van der Waals surface area contributed by atoms with Crippen molar-refractivity contribution in [1.29, 1.82) is 0 Å². The summed E-state index contributed by atoms with van der Waals surface area (Å²) in [7, 11) is 0. The van der Waals surface area contributed by atoms with Gasteiger partial charge in [-0.1, -0.05) is 0 Å². The first-order valence-corrected chi connectivity index (χ1v) is 9.70. The van der Waals surface area contributed by atoms with Crippen molar-refractivity contribution in [3.05, 3.63) is 0 Å². The molecule has 12 heteroatoms. The number of alkyl halides is 1. The van der Waals surface area contributed by atoms with E-state index >= 15 is 0 Å². The van der Waals surface area contributed by atoms with Crippen LogP contribution in [0.3, 0.4) is 0 Å². The maximum Gasteiger partial charge on any atom is 0.187 e. The number of aliphatic hydroxyl groups excluding tert-OH is 6. The van der Waals surface area contributed by atoms with E-state index in [4.69, 9.17) is 24.7 Å². The Morgan fingerprint density at radius 1 is 0.793 bits per heavy atom. The molecule has 0 aromatic rings. The van der Waals surface area contributed by atoms with E-state index in [1.807, 2.05) is 0 Å². The summed E-state index contributed by atoms with van der Waals surface area (Å²) in [4.78, 5) is 0. The molecule has 2 rings (SSSR count). The molecule has 2 saturated heterocycles. The molecule has 29 heavy (non-hydrogen) atoms. The number of aliphatic hydroxyl groups is 6. The summed E-state index contributed by atoms with van der Waals surface area (Å²) >= 11 is 0. The van der Waals surface area contributed by atoms with Gasteiger partial charge >= 0.3 is 0 Å². The van der Waals surface area contributed by atoms with Gasteiger partial charge in [-0.25, -0.2) is 4.39 Å². The van der Waals surface area contributed by atoms with Crippen molar-refractivity contribution in [3.8, 4) is 0 Å². The maximum atomic E-state index is 13.5. The van der Waals surface area contributed by atoms with Crippen LogP contribution in [-0.4, -0.2) is 118 Å². The second-order valence-corrected chi connectivity index (χ2v) is 7.20. The standard InChI is InChI=1S/C17H32FNO10/c18-6-8-15(29-17-13(24)11(22)10(21)9(7-20)28-17)12(23)14(25)16(27-8)26-5-3-1-2-4-19/h8-17,20-25H,1-7,19H2/t8?,9?,10-,11?,12?,13-,14-,15+,16+,17-/m0/s1. The molecule has 0 aromatic carbocycles. The summed E-state index contributed by atoms with van der Waals surface area (Å²) in [5, 5.41) is 59.5. The molecule has 0 aliphatic carbocycles. The van der Waals surface area contributed by atoms with E-state index in [-0.39, 0.29) is 6.61 Å². The van der Waals surface area contributed by atoms with Crippen molar-refractivity contribution >= 4 is 0 Å². The van der Waals surface area contributed by atoms with E-state index in [1.54, 1.807) is 0 Å². The Labute approximate surface area is 167 Å². The Morgan fingerprint density at radius 3 is 2.07 bits per heavy atom. The van der Waals surface area contributed by atoms with Gasteiger partial charge in [0.25, 0.3) is 0 Å². The zero-order valence-electron chi connectivity index (χ0n) is 16.0. The van der Waals surface area contributed by atoms with Gasteiger partial charge in [-0.05, 0) is 25.8 Å². The van der Waals surface area contributed by atoms with Gasteiger partial charge in [-0.2, -0.15) is 0 Å². The van der Waals surface area contributed by atoms with E-state index in [0.29, 0.717) is 13.0 Å². The van der Waals surface area contributed by atoms with Crippen LogP contribution in [0.1, 0.15) is 19.3 Å². The van der Waals surface area contributed by atoms with Crippen LogP contribution >= 0.6 is 0 Å². The molecule has 0 saturated carbocycles. The second-order valence-electron chi connectivity index (χ2n) is 7.20. The first kappa shape index (κ1) is 24.8. The summed E-state index contributed by atoms with van der Waals surface area (Å²) in [5.74, 6) is 0. The van der Waals surface area contributed by atoms with Crippen LogP contribution in [0.15, 0.2) is 0 Å². The molecule has 0 aromatic heterocycles. The molecule has 0 radical (unpaired) electrons. The predicted octanol–water partition coefficient (Wildman–Crippen LogP) is -3.27. The summed E-state index contributed by atoms with van der Waals surface area (Å²) in [6, 6.07) is 0. The predicted molar refractivity (Wildman–Crippen MR) is 94.1 cm³/mol. The molecule has 8 N–H and O–H groups in total. The van der Waals surface area contributed by atoms with Crippen LogP contribution in [0, 0.1) is 0 Å². The zero-order valence-corrected chi connectivity index (χ0v) is 16.0. The fourth-order valence-corrected chi connectivity index (χ4v) is 3.29. The summed E-state index contributed by atoms with van der Waals surface area (Å²) in [6.45, 7) is -1.02. The van der Waals surface area contributed by atoms with Crippen LogP contribution in [0.4, 0.5) is 4.39 Å². The first-order valence-electron chi connectivity index (χ1n) is 9.70. The Hall–Kier alpha value is -0.510. The highest BCUT2D eigenvalue weighted by Crippen LogP contribution is 2.29. The van der Waals surface area contributed by atoms with E-state index < -0.39 is 74.7 Å². The first-order chi connectivity index (χ1) is 13.8. The van der Waals surface area contributed by atoms with Crippen molar-refractivity contribution in [2.75, 3.05) is 26.4 Å². The molecule has 4 unspecified atom stereocenters. The van der Waals surface area contributed by atoms with Crippen LogP contribution in [0.25, 0.3) is 0 Å². The Morgan fingerprint density at radius 2 is 1.45 bits per heavy atom. The number of unbranched alkanes of at least 4 members (excludes halogenated alkanes) is 2. The lowest BCUT2D eigenvalue weighted by atomic mass is 9.97. The molecule has 2 aliphatic rings. The van der Waals surface area contributed by atoms with Crippen LogP contribution in [0.2, 0.25) is 0 Å². The Balaban J connectivity index is 1.98. The molecular weight excluding hydrogens is 397 g/mol. The molecule has 0 bridgehead atoms. The van der Waals surface area contributed by atoms with Crippen molar-refractivity contribution in [2.45, 2.75) is 80.7 Å². The van der Waals surface area contributed by atoms with Gasteiger partial charge in [0.05, 0.1) is 6.61 Å². The fourth-order valence-electron chi connectivity index (χ4n) is 3.29. The number of ether oxygens (including phenoxy) is 4. The van der Waals surface area contributed by atoms with Crippen molar-refractivity contribution in [2.24, 2.45) is 5.73 Å². The molecule has 172 valence electrons. The van der Waals surface area contributed by atoms with E-state index in [2.05, 4.69) is 0 Å². The Kier molecular flexibility index (Phi) is 10.0. The van der Waals surface area contributed by atoms with Crippen LogP contribution < -0.4 is 5.73 Å². The molecule has 10 atom stereocenters. The minimum atomic E-state index is -1.74. The molecule has 0 amide bonds. The second kappa shape index (κ2) is 11.8. The highest BCUT2D eigenvalue weighted by molar-refractivity contribution is 4.94. The molecule has 2 heterocycles. The number of nitrogens with two attached hydrogens (primary N) is 1. The minimum Gasteiger partial charge on any atom is -0.394 e. The van der Waals surface area contributed by atoms with Gasteiger partial charge in [-0.3, -0.25) is 0 Å². The SMILES string of the molecule is NCCCCCO[C@@H]1OC(CF)[C@@H](O[C@@H]2OC(CO)[C@H](O)C(O)[C@@H]2O)C(O)[C@@H]1O. The highest BCUT2D eigenvalue weighted by Gasteiger charge is 2.50. The smallest absolute Gasteiger partial charge is 0.187 e. The lowest BCUT2D eigenvalue weighted by molar-refractivity contribution is -0.358. The molecule has 11 nitrogen and oxygen atoms in total. The van der Waals surface area contributed by atoms with Gasteiger partial charge < -0.3 is 55.3 Å². The number of rotatable bonds is 10. The number of hydrogen-bond acceptors (Lipinski definition) is 11. The number of hydrogen-bond donors (Lipinski definition) is 7. The van der Waals surface area contributed by atoms with Gasteiger partial charge in [0.1, 0.15) is 55.5 Å². The zero-order chi connectivity index (χ0) is 21.6. The Bertz CT molecular complexity index is 473. The third-order valence-corrected chi connectivity index (χ3v) is 5.06. The van der Waals surface area contributed by atoms with Gasteiger partial charge in [0.15, 0.2) is 12.6 Å². The van der Waals surface area contributed by atoms with Gasteiger partial charge in [0.2, 0.25) is 0 Å². The molecule has 2 fully saturated rings. The molecule has 2 aliphatic heterocycles. The molecular formula is C17H32FNO10. The monoisotopic (exact) mass is 429 g/mol. The lowest BCUT2D eigenvalue weighted by Crippen LogP contribution is -2.64. The summed E-state index contributed by atoms with van der Waals surface area (Å²) in [5.41, 5.74) is 5.40. The van der Waals surface area contributed by atoms with Crippen molar-refractivity contribution in [3.63, 3.8) is 0 Å². The third kappa shape index (κ3) is 6.02. The fraction of sp³-hybridized carbons (Fsp3) is 1.00. The summed E-state index contributed by atoms with van der Waals surface area (Å²) in [6.07, 6.45) is -12.9. The van der Waals surface area contributed by atoms with Crippen LogP contribution in [-0.2, 0) is 18.9 Å². The van der Waals surface area contributed by atoms with E-state index in [1.165, 1.54) is 0 Å². The summed E-state index contributed by atoms with van der Waals surface area (Å²) < 4.78 is 34.9. The van der Waals surface area contributed by atoms with Gasteiger partial charge in [-0.15, -0.1) is 0 Å². The lowest BCUT2D eigenvalue weighted by Gasteiger charge is -2.45. The van der Waals surface area contributed by atoms with Gasteiger partial charge in [0, 0.05) is 6.61 Å². The topological polar surface area (TPSA) is 184 Å². The average Bonchev–Trinajstić information content (AvgIpc) is 2.72. The van der Waals surface area contributed by atoms with Crippen molar-refractivity contribution in [1.82, 2.24) is 0 Å². The van der Waals surface area contributed by atoms with E-state index in [0.717, 1.165) is 12.8 Å². The average molecular weight is 429 g/mol. The normalized spacial score (nSPS) is 43.4. The van der Waals surface area contributed by atoms with E-state index in [9.17, 15) is 35.0 Å². The van der Waals surface area contributed by atoms with Crippen molar-refractivity contribution < 1.29 is 54.0 Å².